The first-order chi connectivity index (χ1) is 9.16. The lowest BCUT2D eigenvalue weighted by atomic mass is 10.1. The van der Waals surface area contributed by atoms with Gasteiger partial charge in [0.25, 0.3) is 0 Å². The van der Waals surface area contributed by atoms with Crippen LogP contribution in [0.3, 0.4) is 0 Å². The van der Waals surface area contributed by atoms with Crippen LogP contribution in [-0.4, -0.2) is 11.1 Å². The molecule has 0 heterocycles. The number of halogens is 1. The molecule has 19 heavy (non-hydrogen) atoms. The van der Waals surface area contributed by atoms with Crippen molar-refractivity contribution in [2.24, 2.45) is 0 Å². The number of carboxylic acid groups (broad SMARTS) is 1. The molecule has 0 amide bonds. The minimum atomic E-state index is -0.889. The second-order valence-corrected chi connectivity index (χ2v) is 4.63. The van der Waals surface area contributed by atoms with Crippen LogP contribution in [0.1, 0.15) is 17.2 Å². The van der Waals surface area contributed by atoms with Crippen LogP contribution >= 0.6 is 11.6 Å². The maximum Gasteiger partial charge on any atom is 0.325 e. The zero-order valence-electron chi connectivity index (χ0n) is 10.2. The van der Waals surface area contributed by atoms with Crippen molar-refractivity contribution in [1.82, 2.24) is 5.32 Å². The van der Waals surface area contributed by atoms with Crippen molar-refractivity contribution in [2.75, 3.05) is 0 Å². The minimum absolute atomic E-state index is 0.475. The van der Waals surface area contributed by atoms with E-state index < -0.39 is 12.0 Å². The molecule has 0 aliphatic rings. The van der Waals surface area contributed by atoms with Gasteiger partial charge in [-0.1, -0.05) is 54.1 Å². The number of nitrogens with one attached hydrogen (secondary N) is 1. The van der Waals surface area contributed by atoms with Crippen molar-refractivity contribution in [3.05, 3.63) is 70.7 Å². The molecule has 0 saturated carbocycles. The second-order valence-electron chi connectivity index (χ2n) is 4.19. The van der Waals surface area contributed by atoms with Gasteiger partial charge in [0.05, 0.1) is 0 Å². The summed E-state index contributed by atoms with van der Waals surface area (Å²) in [4.78, 5) is 11.3. The molecule has 0 bridgehead atoms. The monoisotopic (exact) mass is 275 g/mol. The summed E-state index contributed by atoms with van der Waals surface area (Å²) in [5.74, 6) is -0.889. The summed E-state index contributed by atoms with van der Waals surface area (Å²) in [6, 6.07) is 15.7. The third-order valence-corrected chi connectivity index (χ3v) is 3.06. The lowest BCUT2D eigenvalue weighted by Crippen LogP contribution is -2.28. The van der Waals surface area contributed by atoms with Crippen molar-refractivity contribution in [2.45, 2.75) is 12.6 Å². The predicted molar refractivity (Wildman–Crippen MR) is 75.1 cm³/mol. The molecule has 4 heteroatoms. The fourth-order valence-electron chi connectivity index (χ4n) is 1.82. The third-order valence-electron chi connectivity index (χ3n) is 2.80. The van der Waals surface area contributed by atoms with E-state index in [1.54, 1.807) is 24.3 Å². The van der Waals surface area contributed by atoms with Gasteiger partial charge in [0.2, 0.25) is 0 Å². The summed E-state index contributed by atoms with van der Waals surface area (Å²) in [6.07, 6.45) is 0. The van der Waals surface area contributed by atoms with Crippen LogP contribution in [0, 0.1) is 0 Å². The SMILES string of the molecule is O=C(O)[C@@H](NCc1ccc(Cl)cc1)c1ccccc1. The Labute approximate surface area is 116 Å². The number of hydrogen-bond donors (Lipinski definition) is 2. The highest BCUT2D eigenvalue weighted by atomic mass is 35.5. The van der Waals surface area contributed by atoms with E-state index in [-0.39, 0.29) is 0 Å². The van der Waals surface area contributed by atoms with Crippen molar-refractivity contribution >= 4 is 17.6 Å². The van der Waals surface area contributed by atoms with Gasteiger partial charge in [-0.25, -0.2) is 0 Å². The van der Waals surface area contributed by atoms with Gasteiger partial charge < -0.3 is 5.11 Å². The molecule has 2 N–H and O–H groups in total. The Bertz CT molecular complexity index is 540. The zero-order chi connectivity index (χ0) is 13.7. The Morgan fingerprint density at radius 3 is 2.32 bits per heavy atom. The van der Waals surface area contributed by atoms with E-state index in [2.05, 4.69) is 5.32 Å². The molecule has 0 fully saturated rings. The Hall–Kier alpha value is -1.84. The summed E-state index contributed by atoms with van der Waals surface area (Å²) in [6.45, 7) is 0.475. The van der Waals surface area contributed by atoms with Gasteiger partial charge in [-0.05, 0) is 23.3 Å². The number of carboxylic acids is 1. The van der Waals surface area contributed by atoms with Crippen LogP contribution in [0.4, 0.5) is 0 Å². The van der Waals surface area contributed by atoms with Crippen LogP contribution in [0.15, 0.2) is 54.6 Å². The summed E-state index contributed by atoms with van der Waals surface area (Å²) in [5, 5.41) is 13.0. The average Bonchev–Trinajstić information content (AvgIpc) is 2.42. The molecule has 1 atom stereocenters. The Balaban J connectivity index is 2.06. The van der Waals surface area contributed by atoms with E-state index in [4.69, 9.17) is 11.6 Å². The molecule has 98 valence electrons. The molecular formula is C15H14ClNO2. The van der Waals surface area contributed by atoms with Gasteiger partial charge in [-0.3, -0.25) is 10.1 Å². The molecule has 0 unspecified atom stereocenters. The highest BCUT2D eigenvalue weighted by Crippen LogP contribution is 2.15. The minimum Gasteiger partial charge on any atom is -0.480 e. The topological polar surface area (TPSA) is 49.3 Å². The van der Waals surface area contributed by atoms with Gasteiger partial charge in [0, 0.05) is 11.6 Å². The Kier molecular flexibility index (Phi) is 4.55. The van der Waals surface area contributed by atoms with Crippen molar-refractivity contribution < 1.29 is 9.90 Å². The van der Waals surface area contributed by atoms with Gasteiger partial charge in [0.1, 0.15) is 6.04 Å². The summed E-state index contributed by atoms with van der Waals surface area (Å²) in [5.41, 5.74) is 1.73. The fourth-order valence-corrected chi connectivity index (χ4v) is 1.94. The highest BCUT2D eigenvalue weighted by molar-refractivity contribution is 6.30. The number of carbonyl (C=O) groups is 1. The highest BCUT2D eigenvalue weighted by Gasteiger charge is 2.18. The summed E-state index contributed by atoms with van der Waals surface area (Å²) >= 11 is 5.81. The van der Waals surface area contributed by atoms with Crippen molar-refractivity contribution in [1.29, 1.82) is 0 Å². The maximum atomic E-state index is 11.3. The molecule has 0 aliphatic carbocycles. The number of aliphatic carboxylic acids is 1. The van der Waals surface area contributed by atoms with Crippen LogP contribution in [0.5, 0.6) is 0 Å². The average molecular weight is 276 g/mol. The lowest BCUT2D eigenvalue weighted by Gasteiger charge is -2.14. The molecule has 0 spiro atoms. The first-order valence-electron chi connectivity index (χ1n) is 5.92. The molecule has 2 aromatic carbocycles. The van der Waals surface area contributed by atoms with E-state index in [0.29, 0.717) is 11.6 Å². The maximum absolute atomic E-state index is 11.3. The van der Waals surface area contributed by atoms with Crippen LogP contribution in [-0.2, 0) is 11.3 Å². The van der Waals surface area contributed by atoms with Crippen molar-refractivity contribution in [3.8, 4) is 0 Å². The first-order valence-corrected chi connectivity index (χ1v) is 6.30. The fraction of sp³-hybridized carbons (Fsp3) is 0.133. The van der Waals surface area contributed by atoms with E-state index in [9.17, 15) is 9.90 Å². The van der Waals surface area contributed by atoms with Gasteiger partial charge in [-0.15, -0.1) is 0 Å². The van der Waals surface area contributed by atoms with Crippen LogP contribution in [0.25, 0.3) is 0 Å². The molecule has 3 nitrogen and oxygen atoms in total. The lowest BCUT2D eigenvalue weighted by molar-refractivity contribution is -0.139. The molecule has 0 saturated heterocycles. The first kappa shape index (κ1) is 13.6. The molecule has 2 aromatic rings. The predicted octanol–water partition coefficient (Wildman–Crippen LogP) is 3.26. The number of hydrogen-bond acceptors (Lipinski definition) is 2. The molecule has 0 aliphatic heterocycles. The Morgan fingerprint density at radius 1 is 1.11 bits per heavy atom. The van der Waals surface area contributed by atoms with Crippen LogP contribution in [0.2, 0.25) is 5.02 Å². The number of rotatable bonds is 5. The zero-order valence-corrected chi connectivity index (χ0v) is 11.0. The molecule has 2 rings (SSSR count). The number of benzene rings is 2. The quantitative estimate of drug-likeness (QED) is 0.881. The van der Waals surface area contributed by atoms with E-state index in [1.807, 2.05) is 30.3 Å². The van der Waals surface area contributed by atoms with E-state index in [0.717, 1.165) is 11.1 Å². The smallest absolute Gasteiger partial charge is 0.325 e. The van der Waals surface area contributed by atoms with E-state index in [1.165, 1.54) is 0 Å². The normalized spacial score (nSPS) is 12.1. The Morgan fingerprint density at radius 2 is 1.74 bits per heavy atom. The largest absolute Gasteiger partial charge is 0.480 e. The van der Waals surface area contributed by atoms with Gasteiger partial charge in [0.15, 0.2) is 0 Å². The van der Waals surface area contributed by atoms with Gasteiger partial charge >= 0.3 is 5.97 Å². The molecule has 0 aromatic heterocycles. The van der Waals surface area contributed by atoms with Gasteiger partial charge in [-0.2, -0.15) is 0 Å². The van der Waals surface area contributed by atoms with E-state index >= 15 is 0 Å². The summed E-state index contributed by atoms with van der Waals surface area (Å²) in [7, 11) is 0. The standard InChI is InChI=1S/C15H14ClNO2/c16-13-8-6-11(7-9-13)10-17-14(15(18)19)12-4-2-1-3-5-12/h1-9,14,17H,10H2,(H,18,19)/t14-/m0/s1. The molecule has 0 radical (unpaired) electrons. The molecular weight excluding hydrogens is 262 g/mol. The second kappa shape index (κ2) is 6.36. The van der Waals surface area contributed by atoms with Crippen LogP contribution < -0.4 is 5.32 Å². The third kappa shape index (κ3) is 3.81. The van der Waals surface area contributed by atoms with Crippen molar-refractivity contribution in [3.63, 3.8) is 0 Å². The summed E-state index contributed by atoms with van der Waals surface area (Å²) < 4.78 is 0.